The van der Waals surface area contributed by atoms with Crippen molar-refractivity contribution < 1.29 is 9.53 Å². The summed E-state index contributed by atoms with van der Waals surface area (Å²) in [6, 6.07) is 7.79. The van der Waals surface area contributed by atoms with Gasteiger partial charge in [-0.3, -0.25) is 4.79 Å². The standard InChI is InChI=1S/C15H16N2O2/c1-3-8-16-15(18)11-17-9-7-12-10-13(19-4-2)5-6-14(12)17/h1,5-7,9-10H,4,8,11H2,2H3,(H,16,18). The molecule has 0 unspecified atom stereocenters. The highest BCUT2D eigenvalue weighted by Crippen LogP contribution is 2.21. The van der Waals surface area contributed by atoms with E-state index >= 15 is 0 Å². The van der Waals surface area contributed by atoms with E-state index in [-0.39, 0.29) is 19.0 Å². The first-order chi connectivity index (χ1) is 9.24. The van der Waals surface area contributed by atoms with Gasteiger partial charge in [0.1, 0.15) is 12.3 Å². The number of carbonyl (C=O) groups is 1. The number of hydrogen-bond donors (Lipinski definition) is 1. The van der Waals surface area contributed by atoms with E-state index in [9.17, 15) is 4.79 Å². The zero-order valence-electron chi connectivity index (χ0n) is 10.8. The molecule has 0 bridgehead atoms. The van der Waals surface area contributed by atoms with E-state index < -0.39 is 0 Å². The molecule has 0 radical (unpaired) electrons. The predicted octanol–water partition coefficient (Wildman–Crippen LogP) is 1.79. The molecule has 19 heavy (non-hydrogen) atoms. The average molecular weight is 256 g/mol. The summed E-state index contributed by atoms with van der Waals surface area (Å²) in [6.45, 7) is 3.11. The summed E-state index contributed by atoms with van der Waals surface area (Å²) < 4.78 is 7.33. The first-order valence-corrected chi connectivity index (χ1v) is 6.16. The highest BCUT2D eigenvalue weighted by Gasteiger charge is 2.06. The fraction of sp³-hybridized carbons (Fsp3) is 0.267. The zero-order chi connectivity index (χ0) is 13.7. The molecule has 4 heteroatoms. The van der Waals surface area contributed by atoms with Crippen molar-refractivity contribution in [1.82, 2.24) is 9.88 Å². The maximum Gasteiger partial charge on any atom is 0.240 e. The van der Waals surface area contributed by atoms with Gasteiger partial charge in [-0.15, -0.1) is 6.42 Å². The molecule has 0 saturated carbocycles. The second-order valence-corrected chi connectivity index (χ2v) is 4.08. The van der Waals surface area contributed by atoms with Crippen molar-refractivity contribution in [2.75, 3.05) is 13.2 Å². The third kappa shape index (κ3) is 3.08. The van der Waals surface area contributed by atoms with Crippen LogP contribution in [-0.4, -0.2) is 23.6 Å². The van der Waals surface area contributed by atoms with E-state index in [1.807, 2.05) is 42.0 Å². The van der Waals surface area contributed by atoms with Crippen LogP contribution in [-0.2, 0) is 11.3 Å². The molecule has 2 aromatic rings. The third-order valence-corrected chi connectivity index (χ3v) is 2.76. The highest BCUT2D eigenvalue weighted by atomic mass is 16.5. The van der Waals surface area contributed by atoms with Crippen LogP contribution in [0, 0.1) is 12.3 Å². The van der Waals surface area contributed by atoms with Crippen LogP contribution >= 0.6 is 0 Å². The van der Waals surface area contributed by atoms with Crippen LogP contribution in [0.4, 0.5) is 0 Å². The lowest BCUT2D eigenvalue weighted by atomic mass is 10.2. The van der Waals surface area contributed by atoms with Gasteiger partial charge < -0.3 is 14.6 Å². The second-order valence-electron chi connectivity index (χ2n) is 4.08. The Morgan fingerprint density at radius 2 is 2.32 bits per heavy atom. The van der Waals surface area contributed by atoms with E-state index in [0.29, 0.717) is 6.61 Å². The molecule has 4 nitrogen and oxygen atoms in total. The molecule has 0 aliphatic carbocycles. The number of terminal acetylenes is 1. The fourth-order valence-corrected chi connectivity index (χ4v) is 1.93. The zero-order valence-corrected chi connectivity index (χ0v) is 10.8. The molecule has 1 amide bonds. The van der Waals surface area contributed by atoms with Crippen LogP contribution in [0.3, 0.4) is 0 Å². The van der Waals surface area contributed by atoms with Gasteiger partial charge in [-0.25, -0.2) is 0 Å². The summed E-state index contributed by atoms with van der Waals surface area (Å²) in [5, 5.41) is 3.70. The monoisotopic (exact) mass is 256 g/mol. The van der Waals surface area contributed by atoms with Crippen LogP contribution in [0.15, 0.2) is 30.5 Å². The van der Waals surface area contributed by atoms with Crippen LogP contribution in [0.25, 0.3) is 10.9 Å². The molecular weight excluding hydrogens is 240 g/mol. The Kier molecular flexibility index (Phi) is 4.09. The Morgan fingerprint density at radius 3 is 3.05 bits per heavy atom. The minimum Gasteiger partial charge on any atom is -0.494 e. The highest BCUT2D eigenvalue weighted by molar-refractivity contribution is 5.84. The van der Waals surface area contributed by atoms with Gasteiger partial charge in [-0.05, 0) is 31.2 Å². The van der Waals surface area contributed by atoms with Crippen molar-refractivity contribution in [3.63, 3.8) is 0 Å². The molecule has 0 aliphatic rings. The number of nitrogens with zero attached hydrogens (tertiary/aromatic N) is 1. The predicted molar refractivity (Wildman–Crippen MR) is 74.9 cm³/mol. The van der Waals surface area contributed by atoms with Gasteiger partial charge >= 0.3 is 0 Å². The van der Waals surface area contributed by atoms with Crippen molar-refractivity contribution in [3.8, 4) is 18.1 Å². The summed E-state index contributed by atoms with van der Waals surface area (Å²) in [5.41, 5.74) is 0.999. The van der Waals surface area contributed by atoms with Gasteiger partial charge in [0.2, 0.25) is 5.91 Å². The summed E-state index contributed by atoms with van der Waals surface area (Å²) in [5.74, 6) is 3.12. The molecule has 1 N–H and O–H groups in total. The van der Waals surface area contributed by atoms with Gasteiger partial charge in [-0.2, -0.15) is 0 Å². The summed E-state index contributed by atoms with van der Waals surface area (Å²) in [7, 11) is 0. The Balaban J connectivity index is 2.17. The lowest BCUT2D eigenvalue weighted by Crippen LogP contribution is -2.27. The van der Waals surface area contributed by atoms with E-state index in [4.69, 9.17) is 11.2 Å². The summed E-state index contributed by atoms with van der Waals surface area (Å²) >= 11 is 0. The van der Waals surface area contributed by atoms with Gasteiger partial charge in [-0.1, -0.05) is 5.92 Å². The first-order valence-electron chi connectivity index (χ1n) is 6.16. The number of amides is 1. The van der Waals surface area contributed by atoms with Gasteiger partial charge in [0.15, 0.2) is 0 Å². The quantitative estimate of drug-likeness (QED) is 0.829. The summed E-state index contributed by atoms with van der Waals surface area (Å²) in [6.07, 6.45) is 6.99. The smallest absolute Gasteiger partial charge is 0.240 e. The van der Waals surface area contributed by atoms with Crippen molar-refractivity contribution in [2.45, 2.75) is 13.5 Å². The largest absolute Gasteiger partial charge is 0.494 e. The van der Waals surface area contributed by atoms with Crippen molar-refractivity contribution in [2.24, 2.45) is 0 Å². The Morgan fingerprint density at radius 1 is 1.47 bits per heavy atom. The van der Waals surface area contributed by atoms with Gasteiger partial charge in [0.05, 0.1) is 13.2 Å². The summed E-state index contributed by atoms with van der Waals surface area (Å²) in [4.78, 5) is 11.6. The molecule has 0 fully saturated rings. The topological polar surface area (TPSA) is 43.3 Å². The van der Waals surface area contributed by atoms with Crippen molar-refractivity contribution in [1.29, 1.82) is 0 Å². The number of benzene rings is 1. The third-order valence-electron chi connectivity index (χ3n) is 2.76. The maximum atomic E-state index is 11.6. The lowest BCUT2D eigenvalue weighted by molar-refractivity contribution is -0.121. The molecule has 1 aromatic carbocycles. The molecule has 0 aliphatic heterocycles. The van der Waals surface area contributed by atoms with Crippen molar-refractivity contribution >= 4 is 16.8 Å². The Bertz CT molecular complexity index is 623. The van der Waals surface area contributed by atoms with Crippen LogP contribution < -0.4 is 10.1 Å². The van der Waals surface area contributed by atoms with Crippen LogP contribution in [0.5, 0.6) is 5.75 Å². The molecule has 0 spiro atoms. The van der Waals surface area contributed by atoms with Gasteiger partial charge in [0, 0.05) is 17.1 Å². The number of hydrogen-bond acceptors (Lipinski definition) is 2. The molecule has 0 atom stereocenters. The van der Waals surface area contributed by atoms with Crippen LogP contribution in [0.1, 0.15) is 6.92 Å². The SMILES string of the molecule is C#CCNC(=O)Cn1ccc2cc(OCC)ccc21. The average Bonchev–Trinajstić information content (AvgIpc) is 2.79. The number of aromatic nitrogens is 1. The van der Waals surface area contributed by atoms with E-state index in [2.05, 4.69) is 11.2 Å². The van der Waals surface area contributed by atoms with Crippen LogP contribution in [0.2, 0.25) is 0 Å². The molecule has 98 valence electrons. The number of nitrogens with one attached hydrogen (secondary N) is 1. The van der Waals surface area contributed by atoms with E-state index in [1.165, 1.54) is 0 Å². The minimum absolute atomic E-state index is 0.0932. The molecule has 1 heterocycles. The number of fused-ring (bicyclic) bond motifs is 1. The van der Waals surface area contributed by atoms with Crippen molar-refractivity contribution in [3.05, 3.63) is 30.5 Å². The molecular formula is C15H16N2O2. The fourth-order valence-electron chi connectivity index (χ4n) is 1.93. The van der Waals surface area contributed by atoms with E-state index in [1.54, 1.807) is 0 Å². The van der Waals surface area contributed by atoms with E-state index in [0.717, 1.165) is 16.7 Å². The second kappa shape index (κ2) is 5.96. The molecule has 1 aromatic heterocycles. The maximum absolute atomic E-state index is 11.6. The van der Waals surface area contributed by atoms with Gasteiger partial charge in [0.25, 0.3) is 0 Å². The number of carbonyl (C=O) groups excluding carboxylic acids is 1. The number of rotatable bonds is 5. The number of ether oxygens (including phenoxy) is 1. The first kappa shape index (κ1) is 13.0. The molecule has 0 saturated heterocycles. The lowest BCUT2D eigenvalue weighted by Gasteiger charge is -2.06. The normalized spacial score (nSPS) is 10.1. The Hall–Kier alpha value is -2.41. The molecule has 2 rings (SSSR count). The minimum atomic E-state index is -0.0932. The Labute approximate surface area is 112 Å².